The van der Waals surface area contributed by atoms with E-state index in [0.717, 1.165) is 18.7 Å². The number of nitrogens with zero attached hydrogens (tertiary/aromatic N) is 1. The van der Waals surface area contributed by atoms with E-state index >= 15 is 0 Å². The van der Waals surface area contributed by atoms with Crippen molar-refractivity contribution in [1.82, 2.24) is 0 Å². The Bertz CT molecular complexity index is 402. The highest BCUT2D eigenvalue weighted by atomic mass is 16.4. The van der Waals surface area contributed by atoms with E-state index in [-0.39, 0.29) is 5.56 Å². The van der Waals surface area contributed by atoms with Crippen molar-refractivity contribution >= 4 is 17.3 Å². The highest BCUT2D eigenvalue weighted by Crippen LogP contribution is 2.23. The van der Waals surface area contributed by atoms with Crippen LogP contribution in [-0.2, 0) is 0 Å². The summed E-state index contributed by atoms with van der Waals surface area (Å²) in [6.45, 7) is 7.27. The largest absolute Gasteiger partial charge is 0.478 e. The highest BCUT2D eigenvalue weighted by Gasteiger charge is 2.13. The third-order valence-corrected chi connectivity index (χ3v) is 2.69. The molecule has 94 valence electrons. The number of carboxylic acid groups (broad SMARTS) is 1. The minimum atomic E-state index is -0.986. The zero-order chi connectivity index (χ0) is 13.0. The minimum Gasteiger partial charge on any atom is -0.478 e. The van der Waals surface area contributed by atoms with Gasteiger partial charge in [-0.15, -0.1) is 0 Å². The second-order valence-corrected chi connectivity index (χ2v) is 4.36. The van der Waals surface area contributed by atoms with E-state index in [9.17, 15) is 4.79 Å². The van der Waals surface area contributed by atoms with Crippen molar-refractivity contribution in [2.75, 3.05) is 17.2 Å². The minimum absolute atomic E-state index is 0.161. The summed E-state index contributed by atoms with van der Waals surface area (Å²) in [5, 5.41) is 8.91. The van der Waals surface area contributed by atoms with Gasteiger partial charge >= 0.3 is 5.97 Å². The first-order chi connectivity index (χ1) is 7.97. The van der Waals surface area contributed by atoms with Gasteiger partial charge in [0.2, 0.25) is 0 Å². The van der Waals surface area contributed by atoms with Crippen molar-refractivity contribution in [3.63, 3.8) is 0 Å². The van der Waals surface area contributed by atoms with E-state index < -0.39 is 5.97 Å². The second-order valence-electron chi connectivity index (χ2n) is 4.36. The van der Waals surface area contributed by atoms with E-state index in [1.165, 1.54) is 0 Å². The van der Waals surface area contributed by atoms with Gasteiger partial charge in [0.25, 0.3) is 0 Å². The lowest BCUT2D eigenvalue weighted by Crippen LogP contribution is -2.31. The van der Waals surface area contributed by atoms with Crippen LogP contribution in [0.5, 0.6) is 0 Å². The molecule has 3 N–H and O–H groups in total. The molecule has 1 rings (SSSR count). The maximum atomic E-state index is 10.9. The second kappa shape index (κ2) is 5.57. The fourth-order valence-electron chi connectivity index (χ4n) is 1.85. The summed E-state index contributed by atoms with van der Waals surface area (Å²) in [5.41, 5.74) is 7.20. The predicted molar refractivity (Wildman–Crippen MR) is 70.6 cm³/mol. The first kappa shape index (κ1) is 13.4. The lowest BCUT2D eigenvalue weighted by Gasteiger charge is -2.29. The molecule has 0 aliphatic carbocycles. The summed E-state index contributed by atoms with van der Waals surface area (Å²) in [4.78, 5) is 13.1. The van der Waals surface area contributed by atoms with Crippen molar-refractivity contribution < 1.29 is 9.90 Å². The molecule has 0 amide bonds. The van der Waals surface area contributed by atoms with Gasteiger partial charge in [-0.2, -0.15) is 0 Å². The normalized spacial score (nSPS) is 10.6. The predicted octanol–water partition coefficient (Wildman–Crippen LogP) is 2.59. The molecule has 0 bridgehead atoms. The lowest BCUT2D eigenvalue weighted by atomic mass is 10.1. The molecule has 0 aliphatic heterocycles. The molecule has 0 saturated heterocycles. The van der Waals surface area contributed by atoms with Crippen LogP contribution in [0.15, 0.2) is 18.2 Å². The van der Waals surface area contributed by atoms with Crippen LogP contribution in [0, 0.1) is 0 Å². The Morgan fingerprint density at radius 3 is 2.53 bits per heavy atom. The first-order valence-electron chi connectivity index (χ1n) is 5.86. The number of anilines is 2. The zero-order valence-corrected chi connectivity index (χ0v) is 10.6. The van der Waals surface area contributed by atoms with Crippen LogP contribution >= 0.6 is 0 Å². The summed E-state index contributed by atoms with van der Waals surface area (Å²) >= 11 is 0. The van der Waals surface area contributed by atoms with Crippen molar-refractivity contribution in [3.8, 4) is 0 Å². The number of aromatic carboxylic acids is 1. The van der Waals surface area contributed by atoms with Crippen molar-refractivity contribution in [3.05, 3.63) is 23.8 Å². The van der Waals surface area contributed by atoms with Gasteiger partial charge < -0.3 is 15.7 Å². The van der Waals surface area contributed by atoms with E-state index in [0.29, 0.717) is 11.7 Å². The van der Waals surface area contributed by atoms with Gasteiger partial charge in [-0.05, 0) is 38.5 Å². The van der Waals surface area contributed by atoms with Crippen LogP contribution in [0.4, 0.5) is 11.4 Å². The molecule has 4 heteroatoms. The van der Waals surface area contributed by atoms with Gasteiger partial charge in [-0.3, -0.25) is 0 Å². The van der Waals surface area contributed by atoms with Crippen molar-refractivity contribution in [1.29, 1.82) is 0 Å². The summed E-state index contributed by atoms with van der Waals surface area (Å²) in [5.74, 6) is -0.986. The third kappa shape index (κ3) is 3.12. The molecule has 17 heavy (non-hydrogen) atoms. The molecule has 0 heterocycles. The van der Waals surface area contributed by atoms with E-state index in [4.69, 9.17) is 10.8 Å². The fourth-order valence-corrected chi connectivity index (χ4v) is 1.85. The Hall–Kier alpha value is -1.71. The molecule has 0 aliphatic rings. The van der Waals surface area contributed by atoms with Gasteiger partial charge in [-0.1, -0.05) is 6.92 Å². The Morgan fingerprint density at radius 1 is 1.47 bits per heavy atom. The average Bonchev–Trinajstić information content (AvgIpc) is 2.24. The average molecular weight is 236 g/mol. The van der Waals surface area contributed by atoms with Crippen LogP contribution in [0.1, 0.15) is 37.6 Å². The van der Waals surface area contributed by atoms with Crippen LogP contribution in [0.25, 0.3) is 0 Å². The third-order valence-electron chi connectivity index (χ3n) is 2.69. The number of hydrogen-bond acceptors (Lipinski definition) is 3. The number of carboxylic acids is 1. The lowest BCUT2D eigenvalue weighted by molar-refractivity contribution is 0.0698. The molecule has 0 fully saturated rings. The first-order valence-corrected chi connectivity index (χ1v) is 5.86. The number of hydrogen-bond donors (Lipinski definition) is 2. The number of carbonyl (C=O) groups is 1. The summed E-state index contributed by atoms with van der Waals surface area (Å²) in [6.07, 6.45) is 1.04. The van der Waals surface area contributed by atoms with E-state index in [1.54, 1.807) is 12.1 Å². The molecule has 1 aromatic rings. The van der Waals surface area contributed by atoms with E-state index in [2.05, 4.69) is 25.7 Å². The molecule has 0 spiro atoms. The molecule has 1 aromatic carbocycles. The van der Waals surface area contributed by atoms with Crippen molar-refractivity contribution in [2.45, 2.75) is 33.2 Å². The van der Waals surface area contributed by atoms with Crippen LogP contribution in [0.3, 0.4) is 0 Å². The van der Waals surface area contributed by atoms with Crippen LogP contribution in [-0.4, -0.2) is 23.7 Å². The SMILES string of the molecule is CCCN(c1ccc(C(=O)O)c(N)c1)C(C)C. The maximum absolute atomic E-state index is 10.9. The summed E-state index contributed by atoms with van der Waals surface area (Å²) in [6, 6.07) is 5.48. The monoisotopic (exact) mass is 236 g/mol. The molecule has 0 unspecified atom stereocenters. The van der Waals surface area contributed by atoms with Crippen LogP contribution in [0.2, 0.25) is 0 Å². The highest BCUT2D eigenvalue weighted by molar-refractivity contribution is 5.94. The molecule has 4 nitrogen and oxygen atoms in total. The molecule has 0 saturated carbocycles. The summed E-state index contributed by atoms with van der Waals surface area (Å²) < 4.78 is 0. The number of nitrogens with two attached hydrogens (primary N) is 1. The number of nitrogen functional groups attached to an aromatic ring is 1. The Labute approximate surface area is 102 Å². The molecule has 0 radical (unpaired) electrons. The van der Waals surface area contributed by atoms with Crippen molar-refractivity contribution in [2.24, 2.45) is 0 Å². The molecule has 0 aromatic heterocycles. The Balaban J connectivity index is 3.06. The van der Waals surface area contributed by atoms with Crippen LogP contribution < -0.4 is 10.6 Å². The number of rotatable bonds is 5. The van der Waals surface area contributed by atoms with Gasteiger partial charge in [0.15, 0.2) is 0 Å². The Morgan fingerprint density at radius 2 is 2.12 bits per heavy atom. The van der Waals surface area contributed by atoms with Gasteiger partial charge in [0.1, 0.15) is 0 Å². The molecular formula is C13H20N2O2. The molecular weight excluding hydrogens is 216 g/mol. The van der Waals surface area contributed by atoms with Gasteiger partial charge in [0, 0.05) is 24.0 Å². The summed E-state index contributed by atoms with van der Waals surface area (Å²) in [7, 11) is 0. The number of benzene rings is 1. The Kier molecular flexibility index (Phi) is 4.37. The standard InChI is InChI=1S/C13H20N2O2/c1-4-7-15(9(2)3)10-5-6-11(13(16)17)12(14)8-10/h5-6,8-9H,4,7,14H2,1-3H3,(H,16,17). The zero-order valence-electron chi connectivity index (χ0n) is 10.6. The fraction of sp³-hybridized carbons (Fsp3) is 0.462. The smallest absolute Gasteiger partial charge is 0.337 e. The van der Waals surface area contributed by atoms with Gasteiger partial charge in [0.05, 0.1) is 5.56 Å². The van der Waals surface area contributed by atoms with E-state index in [1.807, 2.05) is 6.07 Å². The molecule has 0 atom stereocenters. The quantitative estimate of drug-likeness (QED) is 0.771. The van der Waals surface area contributed by atoms with Gasteiger partial charge in [-0.25, -0.2) is 4.79 Å². The maximum Gasteiger partial charge on any atom is 0.337 e. The topological polar surface area (TPSA) is 66.6 Å².